The van der Waals surface area contributed by atoms with Crippen molar-refractivity contribution in [3.05, 3.63) is 47.0 Å². The zero-order valence-electron chi connectivity index (χ0n) is 14.1. The molecule has 0 aliphatic carbocycles. The van der Waals surface area contributed by atoms with E-state index in [1.165, 1.54) is 32.4 Å². The smallest absolute Gasteiger partial charge is 0.311 e. The molecule has 0 atom stereocenters. The molecule has 0 aromatic heterocycles. The summed E-state index contributed by atoms with van der Waals surface area (Å²) in [6.07, 6.45) is 0.236. The van der Waals surface area contributed by atoms with Crippen molar-refractivity contribution < 1.29 is 23.8 Å². The predicted octanol–water partition coefficient (Wildman–Crippen LogP) is 3.92. The van der Waals surface area contributed by atoms with Crippen molar-refractivity contribution in [3.8, 4) is 17.2 Å². The molecule has 25 heavy (non-hydrogen) atoms. The minimum atomic E-state index is -0.390. The molecule has 1 amide bonds. The molecule has 0 unspecified atom stereocenters. The molecule has 0 aliphatic rings. The standard InChI is InChI=1S/C18H18ClNO5/c1-4-17(21)25-15-7-5-11(9-16(15)24-3)18(22)20-13-10-12(19)6-8-14(13)23-2/h5-10H,4H2,1-3H3,(H,20,22). The van der Waals surface area contributed by atoms with Gasteiger partial charge in [-0.2, -0.15) is 0 Å². The van der Waals surface area contributed by atoms with Crippen LogP contribution in [0.4, 0.5) is 5.69 Å². The summed E-state index contributed by atoms with van der Waals surface area (Å²) < 4.78 is 15.6. The lowest BCUT2D eigenvalue weighted by Gasteiger charge is -2.12. The average Bonchev–Trinajstić information content (AvgIpc) is 2.62. The van der Waals surface area contributed by atoms with Gasteiger partial charge in [0.15, 0.2) is 11.5 Å². The molecular weight excluding hydrogens is 346 g/mol. The summed E-state index contributed by atoms with van der Waals surface area (Å²) in [5, 5.41) is 3.20. The molecule has 6 nitrogen and oxygen atoms in total. The largest absolute Gasteiger partial charge is 0.495 e. The quantitative estimate of drug-likeness (QED) is 0.622. The summed E-state index contributed by atoms with van der Waals surface area (Å²) in [4.78, 5) is 23.9. The maximum Gasteiger partial charge on any atom is 0.311 e. The van der Waals surface area contributed by atoms with Crippen LogP contribution >= 0.6 is 11.6 Å². The van der Waals surface area contributed by atoms with E-state index < -0.39 is 0 Å². The Bertz CT molecular complexity index is 791. The van der Waals surface area contributed by atoms with Crippen LogP contribution in [-0.4, -0.2) is 26.1 Å². The fourth-order valence-electron chi connectivity index (χ4n) is 2.06. The Morgan fingerprint density at radius 3 is 2.32 bits per heavy atom. The van der Waals surface area contributed by atoms with Gasteiger partial charge in [-0.05, 0) is 36.4 Å². The number of methoxy groups -OCH3 is 2. The molecule has 2 aromatic carbocycles. The van der Waals surface area contributed by atoms with Crippen molar-refractivity contribution in [1.82, 2.24) is 0 Å². The third-order valence-electron chi connectivity index (χ3n) is 3.35. The highest BCUT2D eigenvalue weighted by molar-refractivity contribution is 6.31. The summed E-state index contributed by atoms with van der Waals surface area (Å²) in [6, 6.07) is 9.45. The van der Waals surface area contributed by atoms with E-state index in [2.05, 4.69) is 5.32 Å². The molecule has 1 N–H and O–H groups in total. The van der Waals surface area contributed by atoms with Gasteiger partial charge in [-0.1, -0.05) is 18.5 Å². The van der Waals surface area contributed by atoms with Crippen LogP contribution in [0.5, 0.6) is 17.2 Å². The maximum atomic E-state index is 12.5. The minimum Gasteiger partial charge on any atom is -0.495 e. The molecule has 0 radical (unpaired) electrons. The first-order valence-corrected chi connectivity index (χ1v) is 7.89. The Hall–Kier alpha value is -2.73. The van der Waals surface area contributed by atoms with Gasteiger partial charge in [-0.3, -0.25) is 9.59 Å². The molecule has 132 valence electrons. The van der Waals surface area contributed by atoms with Crippen molar-refractivity contribution in [2.75, 3.05) is 19.5 Å². The van der Waals surface area contributed by atoms with E-state index in [1.54, 1.807) is 25.1 Å². The van der Waals surface area contributed by atoms with Crippen LogP contribution in [-0.2, 0) is 4.79 Å². The summed E-state index contributed by atoms with van der Waals surface area (Å²) in [5.41, 5.74) is 0.774. The first kappa shape index (κ1) is 18.6. The number of hydrogen-bond donors (Lipinski definition) is 1. The molecule has 7 heteroatoms. The number of hydrogen-bond acceptors (Lipinski definition) is 5. The van der Waals surface area contributed by atoms with Crippen molar-refractivity contribution in [3.63, 3.8) is 0 Å². The van der Waals surface area contributed by atoms with Crippen LogP contribution in [0.25, 0.3) is 0 Å². The van der Waals surface area contributed by atoms with Crippen LogP contribution in [0, 0.1) is 0 Å². The van der Waals surface area contributed by atoms with E-state index in [-0.39, 0.29) is 29.8 Å². The fourth-order valence-corrected chi connectivity index (χ4v) is 2.23. The molecule has 2 rings (SSSR count). The molecular formula is C18H18ClNO5. The zero-order chi connectivity index (χ0) is 18.4. The molecule has 0 spiro atoms. The first-order valence-electron chi connectivity index (χ1n) is 7.52. The molecule has 0 saturated carbocycles. The van der Waals surface area contributed by atoms with Gasteiger partial charge in [0.25, 0.3) is 5.91 Å². The van der Waals surface area contributed by atoms with Crippen LogP contribution in [0.3, 0.4) is 0 Å². The number of carbonyl (C=O) groups excluding carboxylic acids is 2. The monoisotopic (exact) mass is 363 g/mol. The van der Waals surface area contributed by atoms with Crippen LogP contribution in [0.2, 0.25) is 5.02 Å². The highest BCUT2D eigenvalue weighted by atomic mass is 35.5. The Balaban J connectivity index is 2.25. The number of ether oxygens (including phenoxy) is 3. The van der Waals surface area contributed by atoms with E-state index in [0.717, 1.165) is 0 Å². The number of esters is 1. The number of carbonyl (C=O) groups is 2. The highest BCUT2D eigenvalue weighted by Gasteiger charge is 2.15. The van der Waals surface area contributed by atoms with E-state index in [1.807, 2.05) is 0 Å². The summed E-state index contributed by atoms with van der Waals surface area (Å²) >= 11 is 5.96. The lowest BCUT2D eigenvalue weighted by Crippen LogP contribution is -2.13. The maximum absolute atomic E-state index is 12.5. The average molecular weight is 364 g/mol. The number of nitrogens with one attached hydrogen (secondary N) is 1. The Morgan fingerprint density at radius 1 is 1.00 bits per heavy atom. The van der Waals surface area contributed by atoms with Gasteiger partial charge >= 0.3 is 5.97 Å². The Morgan fingerprint density at radius 2 is 1.68 bits per heavy atom. The first-order chi connectivity index (χ1) is 12.0. The van der Waals surface area contributed by atoms with E-state index >= 15 is 0 Å². The molecule has 0 heterocycles. The minimum absolute atomic E-state index is 0.236. The highest BCUT2D eigenvalue weighted by Crippen LogP contribution is 2.31. The number of benzene rings is 2. The number of halogens is 1. The number of amides is 1. The van der Waals surface area contributed by atoms with Gasteiger partial charge in [0.1, 0.15) is 5.75 Å². The molecule has 0 saturated heterocycles. The Labute approximate surface area is 150 Å². The summed E-state index contributed by atoms with van der Waals surface area (Å²) in [5.74, 6) is 0.253. The molecule has 0 aliphatic heterocycles. The number of anilines is 1. The second-order valence-corrected chi connectivity index (χ2v) is 5.43. The topological polar surface area (TPSA) is 73.9 Å². The molecule has 0 fully saturated rings. The van der Waals surface area contributed by atoms with Crippen molar-refractivity contribution in [2.24, 2.45) is 0 Å². The third kappa shape index (κ3) is 4.64. The summed E-state index contributed by atoms with van der Waals surface area (Å²) in [7, 11) is 2.93. The normalized spacial score (nSPS) is 10.1. The SMILES string of the molecule is CCC(=O)Oc1ccc(C(=O)Nc2cc(Cl)ccc2OC)cc1OC. The lowest BCUT2D eigenvalue weighted by molar-refractivity contribution is -0.134. The van der Waals surface area contributed by atoms with E-state index in [4.69, 9.17) is 25.8 Å². The number of rotatable bonds is 6. The second-order valence-electron chi connectivity index (χ2n) is 4.99. The fraction of sp³-hybridized carbons (Fsp3) is 0.222. The molecule has 0 bridgehead atoms. The Kier molecular flexibility index (Phi) is 6.25. The van der Waals surface area contributed by atoms with Crippen molar-refractivity contribution in [1.29, 1.82) is 0 Å². The second kappa shape index (κ2) is 8.39. The van der Waals surface area contributed by atoms with Crippen LogP contribution < -0.4 is 19.5 Å². The van der Waals surface area contributed by atoms with Gasteiger partial charge < -0.3 is 19.5 Å². The summed E-state index contributed by atoms with van der Waals surface area (Å²) in [6.45, 7) is 1.69. The van der Waals surface area contributed by atoms with Crippen LogP contribution in [0.15, 0.2) is 36.4 Å². The van der Waals surface area contributed by atoms with Crippen molar-refractivity contribution in [2.45, 2.75) is 13.3 Å². The van der Waals surface area contributed by atoms with Gasteiger partial charge in [0, 0.05) is 17.0 Å². The van der Waals surface area contributed by atoms with Gasteiger partial charge in [0.2, 0.25) is 0 Å². The third-order valence-corrected chi connectivity index (χ3v) is 3.58. The van der Waals surface area contributed by atoms with E-state index in [9.17, 15) is 9.59 Å². The van der Waals surface area contributed by atoms with E-state index in [0.29, 0.717) is 22.0 Å². The van der Waals surface area contributed by atoms with Gasteiger partial charge in [-0.15, -0.1) is 0 Å². The van der Waals surface area contributed by atoms with Gasteiger partial charge in [0.05, 0.1) is 19.9 Å². The van der Waals surface area contributed by atoms with Crippen molar-refractivity contribution >= 4 is 29.2 Å². The molecule has 2 aromatic rings. The van der Waals surface area contributed by atoms with Gasteiger partial charge in [-0.25, -0.2) is 0 Å². The predicted molar refractivity (Wildman–Crippen MR) is 94.9 cm³/mol. The lowest BCUT2D eigenvalue weighted by atomic mass is 10.1. The zero-order valence-corrected chi connectivity index (χ0v) is 14.8. The van der Waals surface area contributed by atoms with Crippen LogP contribution in [0.1, 0.15) is 23.7 Å².